The molecule has 1 atom stereocenters. The highest BCUT2D eigenvalue weighted by atomic mass is 16.5. The highest BCUT2D eigenvalue weighted by molar-refractivity contribution is 5.96. The number of carbonyl (C=O) groups excluding carboxylic acids is 1. The van der Waals surface area contributed by atoms with Crippen LogP contribution in [0.1, 0.15) is 18.1 Å². The summed E-state index contributed by atoms with van der Waals surface area (Å²) < 4.78 is 10.5. The lowest BCUT2D eigenvalue weighted by molar-refractivity contribution is -0.118. The number of methoxy groups -OCH3 is 2. The van der Waals surface area contributed by atoms with Crippen LogP contribution >= 0.6 is 0 Å². The van der Waals surface area contributed by atoms with Crippen LogP contribution in [0.5, 0.6) is 11.5 Å². The van der Waals surface area contributed by atoms with E-state index < -0.39 is 0 Å². The zero-order chi connectivity index (χ0) is 17.1. The number of carbonyl (C=O) groups is 1. The molecular formula is C20H23NO3. The first kappa shape index (κ1) is 16.4. The second-order valence-electron chi connectivity index (χ2n) is 6.33. The maximum absolute atomic E-state index is 12.8. The van der Waals surface area contributed by atoms with E-state index in [1.807, 2.05) is 47.4 Å². The quantitative estimate of drug-likeness (QED) is 0.864. The van der Waals surface area contributed by atoms with Crippen LogP contribution in [0.4, 0.5) is 5.69 Å². The Morgan fingerprint density at radius 2 is 1.75 bits per heavy atom. The molecule has 1 aliphatic heterocycles. The summed E-state index contributed by atoms with van der Waals surface area (Å²) in [5.74, 6) is 2.20. The second-order valence-corrected chi connectivity index (χ2v) is 6.33. The SMILES string of the molecule is COc1ccc(CC(=O)N2CC(C)Cc3cc(OC)ccc32)cc1. The summed E-state index contributed by atoms with van der Waals surface area (Å²) in [6, 6.07) is 13.6. The first-order valence-corrected chi connectivity index (χ1v) is 8.21. The molecule has 24 heavy (non-hydrogen) atoms. The van der Waals surface area contributed by atoms with Gasteiger partial charge in [0.1, 0.15) is 11.5 Å². The van der Waals surface area contributed by atoms with Crippen LogP contribution in [-0.4, -0.2) is 26.7 Å². The number of benzene rings is 2. The molecule has 0 spiro atoms. The van der Waals surface area contributed by atoms with Crippen LogP contribution in [0.15, 0.2) is 42.5 Å². The van der Waals surface area contributed by atoms with Gasteiger partial charge in [-0.2, -0.15) is 0 Å². The Labute approximate surface area is 143 Å². The third-order valence-electron chi connectivity index (χ3n) is 4.46. The summed E-state index contributed by atoms with van der Waals surface area (Å²) in [5.41, 5.74) is 3.18. The van der Waals surface area contributed by atoms with E-state index in [-0.39, 0.29) is 5.91 Å². The van der Waals surface area contributed by atoms with Gasteiger partial charge in [-0.15, -0.1) is 0 Å². The number of fused-ring (bicyclic) bond motifs is 1. The van der Waals surface area contributed by atoms with Crippen molar-refractivity contribution in [2.24, 2.45) is 5.92 Å². The first-order chi connectivity index (χ1) is 11.6. The zero-order valence-electron chi connectivity index (χ0n) is 14.4. The molecule has 2 aromatic carbocycles. The van der Waals surface area contributed by atoms with E-state index in [0.29, 0.717) is 12.3 Å². The summed E-state index contributed by atoms with van der Waals surface area (Å²) in [7, 11) is 3.31. The molecule has 0 saturated heterocycles. The Morgan fingerprint density at radius 3 is 2.42 bits per heavy atom. The Kier molecular flexibility index (Phi) is 4.74. The number of hydrogen-bond acceptors (Lipinski definition) is 3. The summed E-state index contributed by atoms with van der Waals surface area (Å²) in [6.07, 6.45) is 1.36. The van der Waals surface area contributed by atoms with Crippen LogP contribution in [0.3, 0.4) is 0 Å². The average molecular weight is 325 g/mol. The van der Waals surface area contributed by atoms with E-state index in [1.54, 1.807) is 14.2 Å². The molecule has 4 heteroatoms. The Bertz CT molecular complexity index is 724. The number of amides is 1. The number of rotatable bonds is 4. The van der Waals surface area contributed by atoms with Gasteiger partial charge in [-0.3, -0.25) is 4.79 Å². The van der Waals surface area contributed by atoms with Crippen molar-refractivity contribution in [3.63, 3.8) is 0 Å². The number of nitrogens with zero attached hydrogens (tertiary/aromatic N) is 1. The van der Waals surface area contributed by atoms with Crippen LogP contribution in [0.25, 0.3) is 0 Å². The van der Waals surface area contributed by atoms with Crippen molar-refractivity contribution < 1.29 is 14.3 Å². The fraction of sp³-hybridized carbons (Fsp3) is 0.350. The molecular weight excluding hydrogens is 302 g/mol. The van der Waals surface area contributed by atoms with Gasteiger partial charge < -0.3 is 14.4 Å². The lowest BCUT2D eigenvalue weighted by Gasteiger charge is -2.33. The van der Waals surface area contributed by atoms with Crippen LogP contribution in [0, 0.1) is 5.92 Å². The number of hydrogen-bond donors (Lipinski definition) is 0. The van der Waals surface area contributed by atoms with Crippen molar-refractivity contribution in [1.29, 1.82) is 0 Å². The van der Waals surface area contributed by atoms with Gasteiger partial charge in [-0.05, 0) is 53.8 Å². The second kappa shape index (κ2) is 6.95. The minimum absolute atomic E-state index is 0.123. The summed E-state index contributed by atoms with van der Waals surface area (Å²) in [6.45, 7) is 2.93. The predicted octanol–water partition coefficient (Wildman–Crippen LogP) is 3.47. The summed E-state index contributed by atoms with van der Waals surface area (Å²) in [5, 5.41) is 0. The molecule has 4 nitrogen and oxygen atoms in total. The van der Waals surface area contributed by atoms with Crippen LogP contribution in [0.2, 0.25) is 0 Å². The first-order valence-electron chi connectivity index (χ1n) is 8.21. The monoisotopic (exact) mass is 325 g/mol. The lowest BCUT2D eigenvalue weighted by atomic mass is 9.93. The summed E-state index contributed by atoms with van der Waals surface area (Å²) in [4.78, 5) is 14.8. The van der Waals surface area contributed by atoms with E-state index in [4.69, 9.17) is 9.47 Å². The minimum atomic E-state index is 0.123. The number of anilines is 1. The molecule has 0 radical (unpaired) electrons. The zero-order valence-corrected chi connectivity index (χ0v) is 14.4. The van der Waals surface area contributed by atoms with E-state index >= 15 is 0 Å². The maximum Gasteiger partial charge on any atom is 0.231 e. The van der Waals surface area contributed by atoms with Gasteiger partial charge in [0.05, 0.1) is 20.6 Å². The molecule has 1 heterocycles. The molecule has 126 valence electrons. The molecule has 2 aromatic rings. The van der Waals surface area contributed by atoms with E-state index in [1.165, 1.54) is 5.56 Å². The standard InChI is InChI=1S/C20H23NO3/c1-14-10-16-12-18(24-3)8-9-19(16)21(13-14)20(22)11-15-4-6-17(23-2)7-5-15/h4-9,12,14H,10-11,13H2,1-3H3. The molecule has 3 rings (SSSR count). The van der Waals surface area contributed by atoms with Crippen molar-refractivity contribution in [2.75, 3.05) is 25.7 Å². The molecule has 0 N–H and O–H groups in total. The van der Waals surface area contributed by atoms with Gasteiger partial charge in [0.2, 0.25) is 5.91 Å². The largest absolute Gasteiger partial charge is 0.497 e. The topological polar surface area (TPSA) is 38.8 Å². The Balaban J connectivity index is 1.82. The third-order valence-corrected chi connectivity index (χ3v) is 4.46. The van der Waals surface area contributed by atoms with Gasteiger partial charge in [-0.25, -0.2) is 0 Å². The van der Waals surface area contributed by atoms with Gasteiger partial charge in [0, 0.05) is 12.2 Å². The third kappa shape index (κ3) is 3.37. The van der Waals surface area contributed by atoms with Gasteiger partial charge in [0.25, 0.3) is 0 Å². The Morgan fingerprint density at radius 1 is 1.08 bits per heavy atom. The fourth-order valence-corrected chi connectivity index (χ4v) is 3.22. The van der Waals surface area contributed by atoms with E-state index in [9.17, 15) is 4.79 Å². The molecule has 1 unspecified atom stereocenters. The van der Waals surface area contributed by atoms with Crippen molar-refractivity contribution in [3.8, 4) is 11.5 Å². The molecule has 0 saturated carbocycles. The van der Waals surface area contributed by atoms with Crippen molar-refractivity contribution >= 4 is 11.6 Å². The van der Waals surface area contributed by atoms with Crippen LogP contribution in [-0.2, 0) is 17.6 Å². The molecule has 1 amide bonds. The molecule has 0 bridgehead atoms. The average Bonchev–Trinajstić information content (AvgIpc) is 2.61. The Hall–Kier alpha value is -2.49. The summed E-state index contributed by atoms with van der Waals surface area (Å²) >= 11 is 0. The molecule has 0 aromatic heterocycles. The van der Waals surface area contributed by atoms with Crippen molar-refractivity contribution in [2.45, 2.75) is 19.8 Å². The molecule has 1 aliphatic rings. The maximum atomic E-state index is 12.8. The van der Waals surface area contributed by atoms with Gasteiger partial charge in [-0.1, -0.05) is 19.1 Å². The van der Waals surface area contributed by atoms with Gasteiger partial charge >= 0.3 is 0 Å². The highest BCUT2D eigenvalue weighted by Crippen LogP contribution is 2.33. The number of ether oxygens (including phenoxy) is 2. The molecule has 0 aliphatic carbocycles. The minimum Gasteiger partial charge on any atom is -0.497 e. The van der Waals surface area contributed by atoms with E-state index in [2.05, 4.69) is 6.92 Å². The van der Waals surface area contributed by atoms with Gasteiger partial charge in [0.15, 0.2) is 0 Å². The van der Waals surface area contributed by atoms with Crippen molar-refractivity contribution in [3.05, 3.63) is 53.6 Å². The fourth-order valence-electron chi connectivity index (χ4n) is 3.22. The van der Waals surface area contributed by atoms with Crippen molar-refractivity contribution in [1.82, 2.24) is 0 Å². The van der Waals surface area contributed by atoms with Crippen LogP contribution < -0.4 is 14.4 Å². The normalized spacial score (nSPS) is 16.5. The highest BCUT2D eigenvalue weighted by Gasteiger charge is 2.26. The van der Waals surface area contributed by atoms with E-state index in [0.717, 1.165) is 35.7 Å². The smallest absolute Gasteiger partial charge is 0.231 e. The molecule has 0 fully saturated rings. The lowest BCUT2D eigenvalue weighted by Crippen LogP contribution is -2.40. The predicted molar refractivity (Wildman–Crippen MR) is 94.9 cm³/mol.